The number of thioether (sulfide) groups is 1. The van der Waals surface area contributed by atoms with Crippen molar-refractivity contribution in [3.8, 4) is 0 Å². The van der Waals surface area contributed by atoms with E-state index in [1.165, 1.54) is 10.5 Å². The van der Waals surface area contributed by atoms with Gasteiger partial charge in [-0.1, -0.05) is 57.2 Å². The normalized spacial score (nSPS) is 12.7. The summed E-state index contributed by atoms with van der Waals surface area (Å²) in [6.45, 7) is 6.49. The smallest absolute Gasteiger partial charge is 0.104 e. The third-order valence-electron chi connectivity index (χ3n) is 3.43. The predicted molar refractivity (Wildman–Crippen MR) is 87.4 cm³/mol. The second-order valence-electron chi connectivity index (χ2n) is 5.23. The van der Waals surface area contributed by atoms with Gasteiger partial charge in [-0.25, -0.2) is 0 Å². The molecular weight excluding hydrogens is 264 g/mol. The van der Waals surface area contributed by atoms with Crippen LogP contribution in [0.5, 0.6) is 0 Å². The monoisotopic (exact) mass is 286 g/mol. The summed E-state index contributed by atoms with van der Waals surface area (Å²) in [6, 6.07) is 16.4. The van der Waals surface area contributed by atoms with Gasteiger partial charge in [0, 0.05) is 4.90 Å². The predicted octanol–water partition coefficient (Wildman–Crippen LogP) is 5.00. The Morgan fingerprint density at radius 3 is 1.75 bits per heavy atom. The Labute approximate surface area is 126 Å². The van der Waals surface area contributed by atoms with Gasteiger partial charge in [-0.2, -0.15) is 0 Å². The van der Waals surface area contributed by atoms with Crippen LogP contribution in [-0.4, -0.2) is 10.9 Å². The topological polar surface area (TPSA) is 20.2 Å². The van der Waals surface area contributed by atoms with Gasteiger partial charge in [0.15, 0.2) is 0 Å². The zero-order valence-electron chi connectivity index (χ0n) is 12.3. The molecule has 1 unspecified atom stereocenters. The molecule has 2 rings (SSSR count). The number of rotatable bonds is 5. The summed E-state index contributed by atoms with van der Waals surface area (Å²) in [6.07, 6.45) is -0.545. The van der Waals surface area contributed by atoms with E-state index in [-0.39, 0.29) is 0 Å². The second-order valence-corrected chi connectivity index (χ2v) is 6.56. The second kappa shape index (κ2) is 6.96. The van der Waals surface area contributed by atoms with Crippen molar-refractivity contribution in [1.82, 2.24) is 0 Å². The lowest BCUT2D eigenvalue weighted by Gasteiger charge is -2.13. The summed E-state index contributed by atoms with van der Waals surface area (Å²) in [5.41, 5.74) is 3.20. The van der Waals surface area contributed by atoms with E-state index in [9.17, 15) is 5.11 Å². The van der Waals surface area contributed by atoms with Crippen LogP contribution in [0.2, 0.25) is 0 Å². The maximum atomic E-state index is 10.4. The Morgan fingerprint density at radius 2 is 1.30 bits per heavy atom. The molecule has 0 aliphatic rings. The van der Waals surface area contributed by atoms with E-state index < -0.39 is 6.10 Å². The first kappa shape index (κ1) is 15.1. The van der Waals surface area contributed by atoms with Crippen molar-refractivity contribution in [2.75, 3.05) is 5.75 Å². The molecule has 0 radical (unpaired) electrons. The molecule has 2 aromatic rings. The SMILES string of the molecule is CCSc1ccc(C(O)c2ccc(C(C)C)cc2)cc1. The van der Waals surface area contributed by atoms with E-state index in [0.29, 0.717) is 5.92 Å². The molecule has 1 nitrogen and oxygen atoms in total. The van der Waals surface area contributed by atoms with E-state index in [1.807, 2.05) is 36.0 Å². The van der Waals surface area contributed by atoms with Crippen molar-refractivity contribution in [2.24, 2.45) is 0 Å². The first-order chi connectivity index (χ1) is 9.61. The molecule has 1 N–H and O–H groups in total. The molecule has 0 aromatic heterocycles. The summed E-state index contributed by atoms with van der Waals surface area (Å²) >= 11 is 1.82. The molecular formula is C18H22OS. The van der Waals surface area contributed by atoms with Crippen molar-refractivity contribution in [3.63, 3.8) is 0 Å². The average molecular weight is 286 g/mol. The summed E-state index contributed by atoms with van der Waals surface area (Å²) in [5, 5.41) is 10.4. The highest BCUT2D eigenvalue weighted by molar-refractivity contribution is 7.99. The van der Waals surface area contributed by atoms with Crippen LogP contribution in [0.25, 0.3) is 0 Å². The van der Waals surface area contributed by atoms with Gasteiger partial charge in [0.1, 0.15) is 6.10 Å². The van der Waals surface area contributed by atoms with Gasteiger partial charge in [0.05, 0.1) is 0 Å². The Kier molecular flexibility index (Phi) is 5.27. The maximum absolute atomic E-state index is 10.4. The van der Waals surface area contributed by atoms with Crippen LogP contribution in [0.1, 0.15) is 49.5 Å². The van der Waals surface area contributed by atoms with Crippen molar-refractivity contribution in [2.45, 2.75) is 37.7 Å². The average Bonchev–Trinajstić information content (AvgIpc) is 2.48. The van der Waals surface area contributed by atoms with E-state index in [4.69, 9.17) is 0 Å². The molecule has 0 aliphatic heterocycles. The van der Waals surface area contributed by atoms with E-state index in [1.54, 1.807) is 0 Å². The van der Waals surface area contributed by atoms with Crippen LogP contribution < -0.4 is 0 Å². The molecule has 2 heteroatoms. The minimum Gasteiger partial charge on any atom is -0.384 e. The van der Waals surface area contributed by atoms with E-state index in [2.05, 4.69) is 45.0 Å². The van der Waals surface area contributed by atoms with Gasteiger partial charge < -0.3 is 5.11 Å². The molecule has 2 aromatic carbocycles. The number of hydrogen-bond acceptors (Lipinski definition) is 2. The summed E-state index contributed by atoms with van der Waals surface area (Å²) in [7, 11) is 0. The minimum atomic E-state index is -0.545. The molecule has 1 atom stereocenters. The Balaban J connectivity index is 2.15. The van der Waals surface area contributed by atoms with Crippen LogP contribution in [0.4, 0.5) is 0 Å². The van der Waals surface area contributed by atoms with Crippen molar-refractivity contribution in [1.29, 1.82) is 0 Å². The maximum Gasteiger partial charge on any atom is 0.104 e. The lowest BCUT2D eigenvalue weighted by molar-refractivity contribution is 0.220. The highest BCUT2D eigenvalue weighted by atomic mass is 32.2. The fraction of sp³-hybridized carbons (Fsp3) is 0.333. The van der Waals surface area contributed by atoms with Crippen LogP contribution >= 0.6 is 11.8 Å². The molecule has 0 saturated heterocycles. The molecule has 0 heterocycles. The van der Waals surface area contributed by atoms with Gasteiger partial charge >= 0.3 is 0 Å². The number of hydrogen-bond donors (Lipinski definition) is 1. The number of aliphatic hydroxyl groups is 1. The molecule has 0 bridgehead atoms. The quantitative estimate of drug-likeness (QED) is 0.780. The van der Waals surface area contributed by atoms with Gasteiger partial charge in [-0.05, 0) is 40.5 Å². The van der Waals surface area contributed by atoms with Gasteiger partial charge in [-0.15, -0.1) is 11.8 Å². The Bertz CT molecular complexity index is 528. The molecule has 0 spiro atoms. The zero-order valence-corrected chi connectivity index (χ0v) is 13.2. The first-order valence-electron chi connectivity index (χ1n) is 7.12. The molecule has 0 aliphatic carbocycles. The molecule has 0 fully saturated rings. The summed E-state index contributed by atoms with van der Waals surface area (Å²) in [4.78, 5) is 1.25. The van der Waals surface area contributed by atoms with Crippen LogP contribution in [0.15, 0.2) is 53.4 Å². The van der Waals surface area contributed by atoms with Crippen molar-refractivity contribution in [3.05, 3.63) is 65.2 Å². The van der Waals surface area contributed by atoms with E-state index in [0.717, 1.165) is 16.9 Å². The number of benzene rings is 2. The fourth-order valence-electron chi connectivity index (χ4n) is 2.17. The van der Waals surface area contributed by atoms with Gasteiger partial charge in [0.25, 0.3) is 0 Å². The zero-order chi connectivity index (χ0) is 14.5. The van der Waals surface area contributed by atoms with Crippen molar-refractivity contribution >= 4 is 11.8 Å². The highest BCUT2D eigenvalue weighted by Gasteiger charge is 2.10. The molecule has 20 heavy (non-hydrogen) atoms. The number of aliphatic hydroxyl groups excluding tert-OH is 1. The Hall–Kier alpha value is -1.25. The largest absolute Gasteiger partial charge is 0.384 e. The minimum absolute atomic E-state index is 0.520. The third kappa shape index (κ3) is 3.65. The summed E-state index contributed by atoms with van der Waals surface area (Å²) in [5.74, 6) is 1.59. The third-order valence-corrected chi connectivity index (χ3v) is 4.32. The van der Waals surface area contributed by atoms with E-state index >= 15 is 0 Å². The first-order valence-corrected chi connectivity index (χ1v) is 8.11. The summed E-state index contributed by atoms with van der Waals surface area (Å²) < 4.78 is 0. The standard InChI is InChI=1S/C18H22OS/c1-4-20-17-11-9-16(10-12-17)18(19)15-7-5-14(6-8-15)13(2)3/h5-13,18-19H,4H2,1-3H3. The van der Waals surface area contributed by atoms with Gasteiger partial charge in [0.2, 0.25) is 0 Å². The molecule has 0 saturated carbocycles. The molecule has 0 amide bonds. The van der Waals surface area contributed by atoms with Crippen LogP contribution in [0, 0.1) is 0 Å². The van der Waals surface area contributed by atoms with Crippen LogP contribution in [0.3, 0.4) is 0 Å². The molecule has 106 valence electrons. The lowest BCUT2D eigenvalue weighted by Crippen LogP contribution is -2.00. The highest BCUT2D eigenvalue weighted by Crippen LogP contribution is 2.26. The van der Waals surface area contributed by atoms with Crippen LogP contribution in [-0.2, 0) is 0 Å². The van der Waals surface area contributed by atoms with Crippen molar-refractivity contribution < 1.29 is 5.11 Å². The lowest BCUT2D eigenvalue weighted by atomic mass is 9.97. The Morgan fingerprint density at radius 1 is 0.850 bits per heavy atom. The fourth-order valence-corrected chi connectivity index (χ4v) is 2.83. The van der Waals surface area contributed by atoms with Gasteiger partial charge in [-0.3, -0.25) is 0 Å².